The Morgan fingerprint density at radius 3 is 2.64 bits per heavy atom. The number of benzene rings is 1. The summed E-state index contributed by atoms with van der Waals surface area (Å²) in [7, 11) is 0. The lowest BCUT2D eigenvalue weighted by Crippen LogP contribution is -2.49. The first kappa shape index (κ1) is 18.5. The zero-order chi connectivity index (χ0) is 16.4. The normalized spacial score (nSPS) is 13.8. The summed E-state index contributed by atoms with van der Waals surface area (Å²) >= 11 is 5.11. The zero-order valence-corrected chi connectivity index (χ0v) is 13.4. The molecule has 2 unspecified atom stereocenters. The van der Waals surface area contributed by atoms with Crippen LogP contribution in [0.25, 0.3) is 6.08 Å². The Labute approximate surface area is 136 Å². The minimum atomic E-state index is -0.916. The van der Waals surface area contributed by atoms with Crippen LogP contribution in [0.2, 0.25) is 0 Å². The van der Waals surface area contributed by atoms with Gasteiger partial charge < -0.3 is 20.8 Å². The summed E-state index contributed by atoms with van der Waals surface area (Å²) in [4.78, 5) is 0. The van der Waals surface area contributed by atoms with Crippen LogP contribution in [0.4, 0.5) is 4.39 Å². The number of aliphatic hydroxyl groups excluding tert-OH is 2. The largest absolute Gasteiger partial charge is 0.394 e. The van der Waals surface area contributed by atoms with Gasteiger partial charge in [-0.05, 0) is 36.3 Å². The molecule has 0 fully saturated rings. The van der Waals surface area contributed by atoms with Crippen LogP contribution in [-0.2, 0) is 0 Å². The lowest BCUT2D eigenvalue weighted by Gasteiger charge is -2.22. The van der Waals surface area contributed by atoms with Crippen molar-refractivity contribution in [1.29, 1.82) is 0 Å². The number of hydrogen-bond donors (Lipinski definition) is 4. The molecular formula is C16H23FN2O2S. The van der Waals surface area contributed by atoms with Crippen molar-refractivity contribution in [2.75, 3.05) is 13.2 Å². The van der Waals surface area contributed by atoms with Crippen LogP contribution in [-0.4, -0.2) is 40.6 Å². The molecule has 4 N–H and O–H groups in total. The van der Waals surface area contributed by atoms with Crippen molar-refractivity contribution in [3.05, 3.63) is 41.7 Å². The van der Waals surface area contributed by atoms with Gasteiger partial charge in [0.15, 0.2) is 5.11 Å². The Kier molecular flexibility index (Phi) is 8.65. The van der Waals surface area contributed by atoms with Crippen molar-refractivity contribution >= 4 is 23.4 Å². The molecule has 0 heterocycles. The fraction of sp³-hybridized carbons (Fsp3) is 0.438. The van der Waals surface area contributed by atoms with Gasteiger partial charge in [0.05, 0.1) is 18.8 Å². The van der Waals surface area contributed by atoms with E-state index in [-0.39, 0.29) is 12.4 Å². The highest BCUT2D eigenvalue weighted by Crippen LogP contribution is 2.06. The van der Waals surface area contributed by atoms with E-state index in [1.165, 1.54) is 18.2 Å². The van der Waals surface area contributed by atoms with E-state index in [2.05, 4.69) is 17.6 Å². The number of rotatable bonds is 8. The maximum Gasteiger partial charge on any atom is 0.166 e. The monoisotopic (exact) mass is 326 g/mol. The van der Waals surface area contributed by atoms with E-state index in [0.717, 1.165) is 24.9 Å². The summed E-state index contributed by atoms with van der Waals surface area (Å²) in [6.07, 6.45) is 4.35. The fourth-order valence-corrected chi connectivity index (χ4v) is 2.01. The van der Waals surface area contributed by atoms with Crippen LogP contribution in [0.15, 0.2) is 30.3 Å². The molecule has 6 heteroatoms. The molecule has 0 saturated carbocycles. The van der Waals surface area contributed by atoms with Crippen molar-refractivity contribution in [2.24, 2.45) is 0 Å². The van der Waals surface area contributed by atoms with Crippen LogP contribution in [0.1, 0.15) is 25.3 Å². The summed E-state index contributed by atoms with van der Waals surface area (Å²) in [6.45, 7) is 2.57. The van der Waals surface area contributed by atoms with Crippen molar-refractivity contribution < 1.29 is 14.6 Å². The smallest absolute Gasteiger partial charge is 0.166 e. The van der Waals surface area contributed by atoms with E-state index < -0.39 is 12.1 Å². The molecule has 0 bridgehead atoms. The molecule has 1 aromatic rings. The predicted molar refractivity (Wildman–Crippen MR) is 91.0 cm³/mol. The van der Waals surface area contributed by atoms with Crippen LogP contribution in [0.5, 0.6) is 0 Å². The van der Waals surface area contributed by atoms with Gasteiger partial charge >= 0.3 is 0 Å². The third-order valence-electron chi connectivity index (χ3n) is 3.10. The first-order chi connectivity index (χ1) is 10.6. The Hall–Kier alpha value is -1.50. The van der Waals surface area contributed by atoms with Crippen LogP contribution < -0.4 is 10.6 Å². The third-order valence-corrected chi connectivity index (χ3v) is 3.36. The summed E-state index contributed by atoms with van der Waals surface area (Å²) in [5, 5.41) is 25.7. The Morgan fingerprint density at radius 1 is 1.36 bits per heavy atom. The summed E-state index contributed by atoms with van der Waals surface area (Å²) in [5.41, 5.74) is 0.765. The summed E-state index contributed by atoms with van der Waals surface area (Å²) < 4.78 is 12.8. The second-order valence-electron chi connectivity index (χ2n) is 4.94. The number of unbranched alkanes of at least 4 members (excludes halogenated alkanes) is 1. The van der Waals surface area contributed by atoms with Gasteiger partial charge in [0.2, 0.25) is 0 Å². The molecule has 0 spiro atoms. The molecule has 0 aliphatic rings. The van der Waals surface area contributed by atoms with Gasteiger partial charge in [-0.15, -0.1) is 0 Å². The average molecular weight is 326 g/mol. The van der Waals surface area contributed by atoms with E-state index in [4.69, 9.17) is 12.2 Å². The summed E-state index contributed by atoms with van der Waals surface area (Å²) in [6, 6.07) is 5.31. The van der Waals surface area contributed by atoms with Crippen LogP contribution in [0.3, 0.4) is 0 Å². The second-order valence-corrected chi connectivity index (χ2v) is 5.35. The number of aliphatic hydroxyl groups is 2. The van der Waals surface area contributed by atoms with E-state index in [1.807, 2.05) is 0 Å². The van der Waals surface area contributed by atoms with Crippen molar-refractivity contribution in [1.82, 2.24) is 10.6 Å². The molecule has 0 amide bonds. The third kappa shape index (κ3) is 6.98. The molecule has 122 valence electrons. The van der Waals surface area contributed by atoms with Gasteiger partial charge in [-0.2, -0.15) is 0 Å². The van der Waals surface area contributed by atoms with E-state index in [1.54, 1.807) is 18.2 Å². The van der Waals surface area contributed by atoms with Gasteiger partial charge in [-0.1, -0.05) is 37.6 Å². The highest BCUT2D eigenvalue weighted by atomic mass is 32.1. The molecule has 2 atom stereocenters. The lowest BCUT2D eigenvalue weighted by molar-refractivity contribution is 0.134. The first-order valence-electron chi connectivity index (χ1n) is 7.34. The minimum Gasteiger partial charge on any atom is -0.394 e. The Balaban J connectivity index is 2.51. The van der Waals surface area contributed by atoms with E-state index in [9.17, 15) is 14.6 Å². The van der Waals surface area contributed by atoms with Gasteiger partial charge in [-0.25, -0.2) is 4.39 Å². The van der Waals surface area contributed by atoms with Crippen LogP contribution in [0, 0.1) is 5.82 Å². The molecule has 22 heavy (non-hydrogen) atoms. The Morgan fingerprint density at radius 2 is 2.05 bits per heavy atom. The Bertz CT molecular complexity index is 480. The van der Waals surface area contributed by atoms with Gasteiger partial charge in [0, 0.05) is 6.54 Å². The number of thiocarbonyl (C=S) groups is 1. The highest BCUT2D eigenvalue weighted by Gasteiger charge is 2.16. The van der Waals surface area contributed by atoms with Gasteiger partial charge in [0.1, 0.15) is 5.82 Å². The molecule has 0 radical (unpaired) electrons. The summed E-state index contributed by atoms with van der Waals surface area (Å²) in [5.74, 6) is -0.309. The number of hydrogen-bond acceptors (Lipinski definition) is 3. The lowest BCUT2D eigenvalue weighted by atomic mass is 10.1. The number of halogens is 1. The molecule has 0 saturated heterocycles. The van der Waals surface area contributed by atoms with E-state index in [0.29, 0.717) is 5.11 Å². The standard InChI is InChI=1S/C16H23FN2O2S/c1-2-3-10-18-16(22)19-14(11-20)15(21)9-6-12-4-7-13(17)8-5-12/h4-9,14-15,20-21H,2-3,10-11H2,1H3,(H2,18,19,22). The first-order valence-corrected chi connectivity index (χ1v) is 7.74. The topological polar surface area (TPSA) is 64.5 Å². The minimum absolute atomic E-state index is 0.259. The molecule has 4 nitrogen and oxygen atoms in total. The maximum atomic E-state index is 12.8. The highest BCUT2D eigenvalue weighted by molar-refractivity contribution is 7.80. The molecule has 0 aliphatic heterocycles. The molecule has 1 rings (SSSR count). The fourth-order valence-electron chi connectivity index (χ4n) is 1.75. The zero-order valence-electron chi connectivity index (χ0n) is 12.6. The average Bonchev–Trinajstić information content (AvgIpc) is 2.52. The van der Waals surface area contributed by atoms with Crippen molar-refractivity contribution in [3.8, 4) is 0 Å². The molecule has 0 aromatic heterocycles. The van der Waals surface area contributed by atoms with E-state index >= 15 is 0 Å². The SMILES string of the molecule is CCCCNC(=S)NC(CO)C(O)C=Cc1ccc(F)cc1. The molecule has 1 aromatic carbocycles. The maximum absolute atomic E-state index is 12.8. The predicted octanol–water partition coefficient (Wildman–Crippen LogP) is 1.82. The van der Waals surface area contributed by atoms with Crippen molar-refractivity contribution in [2.45, 2.75) is 31.9 Å². The second kappa shape index (κ2) is 10.3. The van der Waals surface area contributed by atoms with Crippen LogP contribution >= 0.6 is 12.2 Å². The quantitative estimate of drug-likeness (QED) is 0.434. The van der Waals surface area contributed by atoms with Crippen molar-refractivity contribution in [3.63, 3.8) is 0 Å². The molecular weight excluding hydrogens is 303 g/mol. The van der Waals surface area contributed by atoms with Gasteiger partial charge in [-0.3, -0.25) is 0 Å². The molecule has 0 aliphatic carbocycles. The van der Waals surface area contributed by atoms with Gasteiger partial charge in [0.25, 0.3) is 0 Å². The number of nitrogens with one attached hydrogen (secondary N) is 2.